The summed E-state index contributed by atoms with van der Waals surface area (Å²) in [5, 5.41) is 3.89. The number of aromatic nitrogens is 1. The van der Waals surface area contributed by atoms with Crippen LogP contribution in [0.3, 0.4) is 0 Å². The van der Waals surface area contributed by atoms with Gasteiger partial charge in [-0.3, -0.25) is 0 Å². The van der Waals surface area contributed by atoms with Gasteiger partial charge in [0.05, 0.1) is 28.7 Å². The van der Waals surface area contributed by atoms with Crippen LogP contribution in [0.1, 0.15) is 36.0 Å². The number of hydrogen-bond acceptors (Lipinski definition) is 5. The zero-order valence-electron chi connectivity index (χ0n) is 14.2. The van der Waals surface area contributed by atoms with Crippen LogP contribution in [0.5, 0.6) is 0 Å². The summed E-state index contributed by atoms with van der Waals surface area (Å²) in [6, 6.07) is 5.78. The maximum atomic E-state index is 6.21. The van der Waals surface area contributed by atoms with Crippen LogP contribution in [0.4, 0.5) is 5.69 Å². The summed E-state index contributed by atoms with van der Waals surface area (Å²) in [4.78, 5) is 5.78. The van der Waals surface area contributed by atoms with Crippen molar-refractivity contribution in [3.63, 3.8) is 0 Å². The van der Waals surface area contributed by atoms with E-state index in [9.17, 15) is 0 Å². The maximum Gasteiger partial charge on any atom is 0.131 e. The maximum absolute atomic E-state index is 6.21. The lowest BCUT2D eigenvalue weighted by molar-refractivity contribution is 0.518. The first-order valence-electron chi connectivity index (χ1n) is 7.58. The van der Waals surface area contributed by atoms with Crippen LogP contribution in [0.2, 0.25) is 5.15 Å². The molecule has 0 aliphatic carbocycles. The third-order valence-electron chi connectivity index (χ3n) is 4.11. The van der Waals surface area contributed by atoms with Gasteiger partial charge in [0.2, 0.25) is 0 Å². The Balaban J connectivity index is 0.00000156. The Hall–Kier alpha value is -0.980. The second-order valence-corrected chi connectivity index (χ2v) is 7.28. The number of halogens is 3. The highest BCUT2D eigenvalue weighted by Crippen LogP contribution is 2.40. The Morgan fingerprint density at radius 3 is 2.68 bits per heavy atom. The van der Waals surface area contributed by atoms with Crippen molar-refractivity contribution in [2.24, 2.45) is 5.73 Å². The highest BCUT2D eigenvalue weighted by atomic mass is 35.5. The quantitative estimate of drug-likeness (QED) is 0.513. The molecule has 0 spiro atoms. The molecule has 3 aromatic heterocycles. The number of nitrogens with zero attached hydrogens (tertiary/aromatic N) is 1. The lowest BCUT2D eigenvalue weighted by Gasteiger charge is -2.14. The Bertz CT molecular complexity index is 818. The summed E-state index contributed by atoms with van der Waals surface area (Å²) in [6.45, 7) is 6.88. The average Bonchev–Trinajstić information content (AvgIpc) is 3.13. The van der Waals surface area contributed by atoms with Gasteiger partial charge in [0.1, 0.15) is 10.9 Å². The van der Waals surface area contributed by atoms with E-state index in [1.807, 2.05) is 25.1 Å². The van der Waals surface area contributed by atoms with Crippen molar-refractivity contribution in [3.8, 4) is 0 Å². The highest BCUT2D eigenvalue weighted by molar-refractivity contribution is 7.20. The molecule has 0 aliphatic heterocycles. The van der Waals surface area contributed by atoms with Crippen LogP contribution in [-0.2, 0) is 6.54 Å². The lowest BCUT2D eigenvalue weighted by Crippen LogP contribution is -2.22. The van der Waals surface area contributed by atoms with E-state index in [2.05, 4.69) is 24.1 Å². The number of hydrogen-bond donors (Lipinski definition) is 2. The topological polar surface area (TPSA) is 64.1 Å². The third kappa shape index (κ3) is 4.60. The van der Waals surface area contributed by atoms with Gasteiger partial charge in [-0.15, -0.1) is 36.2 Å². The molecule has 3 N–H and O–H groups in total. The average molecular weight is 423 g/mol. The monoisotopic (exact) mass is 421 g/mol. The normalized spacial score (nSPS) is 13.0. The summed E-state index contributed by atoms with van der Waals surface area (Å²) in [7, 11) is 0. The molecule has 3 aromatic rings. The zero-order chi connectivity index (χ0) is 16.6. The van der Waals surface area contributed by atoms with Crippen LogP contribution in [-0.4, -0.2) is 11.0 Å². The van der Waals surface area contributed by atoms with Crippen LogP contribution in [0.15, 0.2) is 28.9 Å². The molecule has 138 valence electrons. The number of nitrogens with one attached hydrogen (secondary N) is 1. The molecule has 0 unspecified atom stereocenters. The lowest BCUT2D eigenvalue weighted by atomic mass is 9.99. The molecule has 3 rings (SSSR count). The van der Waals surface area contributed by atoms with Crippen molar-refractivity contribution < 1.29 is 4.42 Å². The van der Waals surface area contributed by atoms with E-state index in [4.69, 9.17) is 21.8 Å². The number of anilines is 1. The van der Waals surface area contributed by atoms with Crippen LogP contribution >= 0.6 is 47.8 Å². The van der Waals surface area contributed by atoms with Crippen molar-refractivity contribution >= 4 is 63.7 Å². The predicted molar refractivity (Wildman–Crippen MR) is 112 cm³/mol. The first-order chi connectivity index (χ1) is 11.0. The number of pyridine rings is 1. The number of fused-ring (bicyclic) bond motifs is 1. The smallest absolute Gasteiger partial charge is 0.131 e. The first-order valence-corrected chi connectivity index (χ1v) is 8.78. The Morgan fingerprint density at radius 1 is 1.36 bits per heavy atom. The van der Waals surface area contributed by atoms with E-state index < -0.39 is 0 Å². The molecule has 4 nitrogen and oxygen atoms in total. The summed E-state index contributed by atoms with van der Waals surface area (Å²) in [6.07, 6.45) is 1.67. The Kier molecular flexibility index (Phi) is 8.03. The highest BCUT2D eigenvalue weighted by Gasteiger charge is 2.20. The van der Waals surface area contributed by atoms with Gasteiger partial charge in [-0.05, 0) is 31.5 Å². The molecule has 0 bridgehead atoms. The minimum Gasteiger partial charge on any atom is -0.467 e. The molecule has 0 fully saturated rings. The SMILES string of the molecule is Cc1c([C@@H](C)[C@H](C)N)sc2c(NCc3ccco3)cc(Cl)nc12.Cl.Cl. The standard InChI is InChI=1S/C17H20ClN3OS.2ClH/c1-9(11(3)19)16-10(2)15-17(23-16)13(7-14(18)21-15)20-8-12-5-4-6-22-12;;/h4-7,9,11H,8,19H2,1-3H3,(H,20,21);2*1H/t9-,11-;;/m0../s1. The van der Waals surface area contributed by atoms with Crippen molar-refractivity contribution in [3.05, 3.63) is 45.8 Å². The van der Waals surface area contributed by atoms with Crippen LogP contribution < -0.4 is 11.1 Å². The van der Waals surface area contributed by atoms with Gasteiger partial charge in [0.25, 0.3) is 0 Å². The second kappa shape index (κ2) is 9.10. The molecule has 0 saturated heterocycles. The molecule has 25 heavy (non-hydrogen) atoms. The van der Waals surface area contributed by atoms with E-state index in [1.165, 1.54) is 10.4 Å². The fourth-order valence-corrected chi connectivity index (χ4v) is 4.16. The largest absolute Gasteiger partial charge is 0.467 e. The van der Waals surface area contributed by atoms with Gasteiger partial charge in [0, 0.05) is 22.9 Å². The predicted octanol–water partition coefficient (Wildman–Crippen LogP) is 5.76. The number of furan rings is 1. The Labute approximate surface area is 169 Å². The van der Waals surface area contributed by atoms with E-state index >= 15 is 0 Å². The molecule has 0 radical (unpaired) electrons. The molecule has 3 heterocycles. The van der Waals surface area contributed by atoms with Crippen molar-refractivity contribution in [2.45, 2.75) is 39.3 Å². The van der Waals surface area contributed by atoms with Gasteiger partial charge in [-0.1, -0.05) is 18.5 Å². The fourth-order valence-electron chi connectivity index (χ4n) is 2.56. The van der Waals surface area contributed by atoms with E-state index in [0.29, 0.717) is 11.7 Å². The number of thiophene rings is 1. The summed E-state index contributed by atoms with van der Waals surface area (Å²) >= 11 is 7.95. The molecular formula is C17H22Cl3N3OS. The fraction of sp³-hybridized carbons (Fsp3) is 0.353. The minimum atomic E-state index is 0. The van der Waals surface area contributed by atoms with Crippen molar-refractivity contribution in [1.82, 2.24) is 4.98 Å². The minimum absolute atomic E-state index is 0. The summed E-state index contributed by atoms with van der Waals surface area (Å²) < 4.78 is 6.48. The van der Waals surface area contributed by atoms with Gasteiger partial charge < -0.3 is 15.5 Å². The second-order valence-electron chi connectivity index (χ2n) is 5.84. The van der Waals surface area contributed by atoms with Crippen molar-refractivity contribution in [2.75, 3.05) is 5.32 Å². The Morgan fingerprint density at radius 2 is 2.08 bits per heavy atom. The van der Waals surface area contributed by atoms with Crippen LogP contribution in [0, 0.1) is 6.92 Å². The zero-order valence-corrected chi connectivity index (χ0v) is 17.4. The molecule has 8 heteroatoms. The van der Waals surface area contributed by atoms with Gasteiger partial charge in [-0.25, -0.2) is 4.98 Å². The van der Waals surface area contributed by atoms with E-state index in [0.717, 1.165) is 21.7 Å². The van der Waals surface area contributed by atoms with Crippen molar-refractivity contribution in [1.29, 1.82) is 0 Å². The first kappa shape index (κ1) is 22.1. The molecule has 0 amide bonds. The molecule has 0 aliphatic rings. The van der Waals surface area contributed by atoms with E-state index in [-0.39, 0.29) is 36.8 Å². The molecule has 0 aromatic carbocycles. The summed E-state index contributed by atoms with van der Waals surface area (Å²) in [5.74, 6) is 1.16. The number of rotatable bonds is 5. The van der Waals surface area contributed by atoms with E-state index in [1.54, 1.807) is 17.6 Å². The molecular weight excluding hydrogens is 401 g/mol. The number of nitrogens with two attached hydrogens (primary N) is 1. The molecule has 2 atom stereocenters. The third-order valence-corrected chi connectivity index (χ3v) is 5.82. The van der Waals surface area contributed by atoms with Gasteiger partial charge in [0.15, 0.2) is 0 Å². The van der Waals surface area contributed by atoms with Gasteiger partial charge in [-0.2, -0.15) is 0 Å². The van der Waals surface area contributed by atoms with Crippen LogP contribution in [0.25, 0.3) is 10.2 Å². The summed E-state index contributed by atoms with van der Waals surface area (Å²) in [5.41, 5.74) is 9.18. The molecule has 0 saturated carbocycles. The van der Waals surface area contributed by atoms with Gasteiger partial charge >= 0.3 is 0 Å². The number of aryl methyl sites for hydroxylation is 1.